The van der Waals surface area contributed by atoms with E-state index >= 15 is 0 Å². The Morgan fingerprint density at radius 1 is 1.19 bits per heavy atom. The lowest BCUT2D eigenvalue weighted by Crippen LogP contribution is -2.51. The second-order valence-corrected chi connectivity index (χ2v) is 7.46. The molecule has 27 heavy (non-hydrogen) atoms. The van der Waals surface area contributed by atoms with Crippen LogP contribution in [0.5, 0.6) is 0 Å². The lowest BCUT2D eigenvalue weighted by molar-refractivity contribution is -0.134. The van der Waals surface area contributed by atoms with Crippen molar-refractivity contribution in [2.75, 3.05) is 13.1 Å². The number of carbonyl (C=O) groups is 1. The molecule has 2 unspecified atom stereocenters. The first-order chi connectivity index (χ1) is 13.1. The Morgan fingerprint density at radius 2 is 1.93 bits per heavy atom. The zero-order valence-electron chi connectivity index (χ0n) is 15.4. The number of likely N-dealkylation sites (tertiary alicyclic amines) is 1. The standard InChI is InChI=1S/C21H24N4O2/c1-15-7-8-19(27-15)17-13-18(24-23-17)20(26)25-11-9-21(14-22,10-12-25)16-5-3-2-4-6-16/h2-8,17-18,23-24H,9-13H2,1H3. The highest BCUT2D eigenvalue weighted by Crippen LogP contribution is 2.35. The van der Waals surface area contributed by atoms with E-state index in [0.717, 1.165) is 17.1 Å². The highest BCUT2D eigenvalue weighted by molar-refractivity contribution is 5.82. The van der Waals surface area contributed by atoms with Crippen LogP contribution in [0.2, 0.25) is 0 Å². The van der Waals surface area contributed by atoms with Gasteiger partial charge in [0.25, 0.3) is 0 Å². The molecular weight excluding hydrogens is 340 g/mol. The molecule has 2 fully saturated rings. The topological polar surface area (TPSA) is 81.3 Å². The maximum Gasteiger partial charge on any atom is 0.241 e. The summed E-state index contributed by atoms with van der Waals surface area (Å²) in [7, 11) is 0. The van der Waals surface area contributed by atoms with Gasteiger partial charge in [-0.1, -0.05) is 30.3 Å². The molecule has 2 aliphatic heterocycles. The summed E-state index contributed by atoms with van der Waals surface area (Å²) < 4.78 is 5.67. The van der Waals surface area contributed by atoms with Crippen LogP contribution in [0.1, 0.15) is 42.4 Å². The number of rotatable bonds is 3. The van der Waals surface area contributed by atoms with Gasteiger partial charge in [0.2, 0.25) is 5.91 Å². The number of nitriles is 1. The number of benzene rings is 1. The lowest BCUT2D eigenvalue weighted by atomic mass is 9.74. The summed E-state index contributed by atoms with van der Waals surface area (Å²) in [6.45, 7) is 3.12. The van der Waals surface area contributed by atoms with E-state index in [-0.39, 0.29) is 18.0 Å². The van der Waals surface area contributed by atoms with E-state index in [9.17, 15) is 10.1 Å². The Morgan fingerprint density at radius 3 is 2.56 bits per heavy atom. The molecule has 2 aliphatic rings. The number of hydrogen-bond donors (Lipinski definition) is 2. The first kappa shape index (κ1) is 17.8. The number of aryl methyl sites for hydroxylation is 1. The normalized spacial score (nSPS) is 24.5. The highest BCUT2D eigenvalue weighted by atomic mass is 16.3. The first-order valence-corrected chi connectivity index (χ1v) is 9.44. The second-order valence-electron chi connectivity index (χ2n) is 7.46. The number of amides is 1. The quantitative estimate of drug-likeness (QED) is 0.875. The van der Waals surface area contributed by atoms with Crippen LogP contribution < -0.4 is 10.9 Å². The summed E-state index contributed by atoms with van der Waals surface area (Å²) >= 11 is 0. The van der Waals surface area contributed by atoms with Crippen molar-refractivity contribution in [2.24, 2.45) is 0 Å². The minimum absolute atomic E-state index is 0.0000384. The molecule has 0 spiro atoms. The Kier molecular flexibility index (Phi) is 4.73. The van der Waals surface area contributed by atoms with E-state index in [1.807, 2.05) is 54.3 Å². The van der Waals surface area contributed by atoms with Crippen molar-refractivity contribution in [3.63, 3.8) is 0 Å². The molecule has 1 aromatic carbocycles. The minimum atomic E-state index is -0.492. The maximum absolute atomic E-state index is 12.9. The molecule has 2 N–H and O–H groups in total. The number of carbonyl (C=O) groups excluding carboxylic acids is 1. The highest BCUT2D eigenvalue weighted by Gasteiger charge is 2.40. The van der Waals surface area contributed by atoms with Gasteiger partial charge in [-0.05, 0) is 43.9 Å². The van der Waals surface area contributed by atoms with Crippen LogP contribution in [0.15, 0.2) is 46.9 Å². The van der Waals surface area contributed by atoms with Crippen LogP contribution in [0, 0.1) is 18.3 Å². The zero-order valence-corrected chi connectivity index (χ0v) is 15.4. The number of furan rings is 1. The molecule has 0 saturated carbocycles. The van der Waals surface area contributed by atoms with E-state index in [2.05, 4.69) is 16.9 Å². The predicted molar refractivity (Wildman–Crippen MR) is 100 cm³/mol. The van der Waals surface area contributed by atoms with Crippen LogP contribution in [0.4, 0.5) is 0 Å². The van der Waals surface area contributed by atoms with Crippen molar-refractivity contribution in [3.8, 4) is 6.07 Å². The Hall–Kier alpha value is -2.62. The van der Waals surface area contributed by atoms with Crippen LogP contribution >= 0.6 is 0 Å². The first-order valence-electron chi connectivity index (χ1n) is 9.44. The molecule has 2 aromatic rings. The summed E-state index contributed by atoms with van der Waals surface area (Å²) in [4.78, 5) is 14.8. The fourth-order valence-electron chi connectivity index (χ4n) is 4.10. The molecule has 4 rings (SSSR count). The van der Waals surface area contributed by atoms with Crippen LogP contribution in [0.25, 0.3) is 0 Å². The molecule has 6 nitrogen and oxygen atoms in total. The van der Waals surface area contributed by atoms with Gasteiger partial charge in [-0.2, -0.15) is 5.26 Å². The van der Waals surface area contributed by atoms with Crippen molar-refractivity contribution in [2.45, 2.75) is 43.7 Å². The zero-order chi connectivity index (χ0) is 18.9. The van der Waals surface area contributed by atoms with Crippen LogP contribution in [-0.2, 0) is 10.2 Å². The molecule has 2 saturated heterocycles. The summed E-state index contributed by atoms with van der Waals surface area (Å²) in [5, 5.41) is 9.81. The van der Waals surface area contributed by atoms with E-state index in [0.29, 0.717) is 32.4 Å². The molecule has 140 valence electrons. The van der Waals surface area contributed by atoms with Gasteiger partial charge in [-0.3, -0.25) is 4.79 Å². The molecule has 1 amide bonds. The summed E-state index contributed by atoms with van der Waals surface area (Å²) in [5.74, 6) is 1.81. The van der Waals surface area contributed by atoms with Crippen molar-refractivity contribution >= 4 is 5.91 Å². The van der Waals surface area contributed by atoms with Crippen molar-refractivity contribution in [1.29, 1.82) is 5.26 Å². The molecule has 6 heteroatoms. The van der Waals surface area contributed by atoms with Crippen molar-refractivity contribution in [3.05, 3.63) is 59.5 Å². The van der Waals surface area contributed by atoms with Crippen LogP contribution in [-0.4, -0.2) is 29.9 Å². The number of nitrogens with one attached hydrogen (secondary N) is 2. The number of nitrogens with zero attached hydrogens (tertiary/aromatic N) is 2. The molecule has 0 aliphatic carbocycles. The third kappa shape index (κ3) is 3.36. The SMILES string of the molecule is Cc1ccc(C2CC(C(=O)N3CCC(C#N)(c4ccccc4)CC3)NN2)o1. The second kappa shape index (κ2) is 7.18. The van der Waals surface area contributed by atoms with E-state index in [1.54, 1.807) is 0 Å². The van der Waals surface area contributed by atoms with Gasteiger partial charge in [-0.15, -0.1) is 0 Å². The maximum atomic E-state index is 12.9. The minimum Gasteiger partial charge on any atom is -0.465 e. The van der Waals surface area contributed by atoms with Gasteiger partial charge >= 0.3 is 0 Å². The molecule has 3 heterocycles. The third-order valence-electron chi connectivity index (χ3n) is 5.77. The van der Waals surface area contributed by atoms with Gasteiger partial charge in [0.15, 0.2) is 0 Å². The van der Waals surface area contributed by atoms with Crippen molar-refractivity contribution < 1.29 is 9.21 Å². The van der Waals surface area contributed by atoms with E-state index in [1.165, 1.54) is 0 Å². The molecule has 0 bridgehead atoms. The average Bonchev–Trinajstić information content (AvgIpc) is 3.37. The number of hydrazine groups is 1. The fourth-order valence-corrected chi connectivity index (χ4v) is 4.10. The third-order valence-corrected chi connectivity index (χ3v) is 5.77. The molecular formula is C21H24N4O2. The number of piperidine rings is 1. The van der Waals surface area contributed by atoms with Gasteiger partial charge in [0, 0.05) is 13.1 Å². The van der Waals surface area contributed by atoms with Crippen LogP contribution in [0.3, 0.4) is 0 Å². The molecule has 1 aromatic heterocycles. The van der Waals surface area contributed by atoms with Gasteiger partial charge in [0.1, 0.15) is 17.6 Å². The smallest absolute Gasteiger partial charge is 0.241 e. The van der Waals surface area contributed by atoms with E-state index in [4.69, 9.17) is 4.42 Å². The van der Waals surface area contributed by atoms with Gasteiger partial charge in [0.05, 0.1) is 17.5 Å². The molecule has 0 radical (unpaired) electrons. The largest absolute Gasteiger partial charge is 0.465 e. The van der Waals surface area contributed by atoms with E-state index < -0.39 is 5.41 Å². The monoisotopic (exact) mass is 364 g/mol. The molecule has 2 atom stereocenters. The Balaban J connectivity index is 1.38. The number of hydrogen-bond acceptors (Lipinski definition) is 5. The Labute approximate surface area is 159 Å². The summed E-state index contributed by atoms with van der Waals surface area (Å²) in [5.41, 5.74) is 6.83. The summed E-state index contributed by atoms with van der Waals surface area (Å²) in [6, 6.07) is 16.0. The summed E-state index contributed by atoms with van der Waals surface area (Å²) in [6.07, 6.45) is 1.99. The van der Waals surface area contributed by atoms with Gasteiger partial charge < -0.3 is 9.32 Å². The Bertz CT molecular complexity index is 847. The van der Waals surface area contributed by atoms with Crippen molar-refractivity contribution in [1.82, 2.24) is 15.8 Å². The van der Waals surface area contributed by atoms with Gasteiger partial charge in [-0.25, -0.2) is 10.9 Å². The predicted octanol–water partition coefficient (Wildman–Crippen LogP) is 2.58. The average molecular weight is 364 g/mol. The fraction of sp³-hybridized carbons (Fsp3) is 0.429. The lowest BCUT2D eigenvalue weighted by Gasteiger charge is -2.38.